The molecule has 0 fully saturated rings. The van der Waals surface area contributed by atoms with Crippen molar-refractivity contribution in [3.05, 3.63) is 41.8 Å². The summed E-state index contributed by atoms with van der Waals surface area (Å²) < 4.78 is 4.85. The average molecular weight is 177 g/mol. The van der Waals surface area contributed by atoms with Crippen LogP contribution in [0.2, 0.25) is 0 Å². The molecule has 1 aromatic carbocycles. The van der Waals surface area contributed by atoms with E-state index in [-0.39, 0.29) is 5.97 Å². The zero-order valence-corrected chi connectivity index (χ0v) is 7.91. The summed E-state index contributed by atoms with van der Waals surface area (Å²) in [6, 6.07) is 7.33. The number of esters is 1. The van der Waals surface area contributed by atoms with E-state index in [0.29, 0.717) is 12.2 Å². The van der Waals surface area contributed by atoms with E-state index in [9.17, 15) is 4.79 Å². The Hall–Kier alpha value is -1.31. The molecule has 0 aliphatic carbocycles. The van der Waals surface area contributed by atoms with Crippen LogP contribution in [0.3, 0.4) is 0 Å². The van der Waals surface area contributed by atoms with Crippen LogP contribution in [-0.2, 0) is 4.74 Å². The Morgan fingerprint density at radius 2 is 2.00 bits per heavy atom. The van der Waals surface area contributed by atoms with E-state index < -0.39 is 0 Å². The average Bonchev–Trinajstić information content (AvgIpc) is 2.18. The molecule has 0 heterocycles. The summed E-state index contributed by atoms with van der Waals surface area (Å²) in [6.45, 7) is 4.17. The smallest absolute Gasteiger partial charge is 0.338 e. The molecule has 0 unspecified atom stereocenters. The van der Waals surface area contributed by atoms with Crippen molar-refractivity contribution in [2.24, 2.45) is 0 Å². The minimum absolute atomic E-state index is 0.259. The molecular formula is C11H13O2. The molecule has 0 bridgehead atoms. The molecule has 1 aromatic rings. The molecule has 0 saturated carbocycles. The highest BCUT2D eigenvalue weighted by molar-refractivity contribution is 5.89. The minimum atomic E-state index is -0.259. The van der Waals surface area contributed by atoms with Gasteiger partial charge in [-0.1, -0.05) is 19.1 Å². The summed E-state index contributed by atoms with van der Waals surface area (Å²) >= 11 is 0. The maximum atomic E-state index is 11.2. The molecule has 0 saturated heterocycles. The number of hydrogen-bond acceptors (Lipinski definition) is 2. The fourth-order valence-electron chi connectivity index (χ4n) is 1.03. The minimum Gasteiger partial charge on any atom is -0.462 e. The lowest BCUT2D eigenvalue weighted by atomic mass is 10.1. The van der Waals surface area contributed by atoms with Gasteiger partial charge in [-0.05, 0) is 31.0 Å². The van der Waals surface area contributed by atoms with Gasteiger partial charge < -0.3 is 4.74 Å². The molecule has 0 N–H and O–H groups in total. The standard InChI is InChI=1S/C11H13O2/c1-3-9-5-7-10(8-6-9)11(12)13-4-2/h3,5-8H,4H2,1-2H3. The molecule has 0 atom stereocenters. The topological polar surface area (TPSA) is 26.3 Å². The van der Waals surface area contributed by atoms with Crippen LogP contribution in [0.25, 0.3) is 0 Å². The Balaban J connectivity index is 2.74. The third-order valence-electron chi connectivity index (χ3n) is 1.76. The molecule has 0 amide bonds. The number of carbonyl (C=O) groups is 1. The zero-order chi connectivity index (χ0) is 9.68. The van der Waals surface area contributed by atoms with Crippen LogP contribution in [0.4, 0.5) is 0 Å². The lowest BCUT2D eigenvalue weighted by molar-refractivity contribution is 0.0526. The Bertz CT molecular complexity index is 275. The normalized spacial score (nSPS) is 9.69. The summed E-state index contributed by atoms with van der Waals surface area (Å²) in [7, 11) is 0. The predicted molar refractivity (Wildman–Crippen MR) is 51.5 cm³/mol. The number of hydrogen-bond donors (Lipinski definition) is 0. The van der Waals surface area contributed by atoms with E-state index in [1.807, 2.05) is 25.5 Å². The third-order valence-corrected chi connectivity index (χ3v) is 1.76. The van der Waals surface area contributed by atoms with Crippen molar-refractivity contribution in [1.29, 1.82) is 0 Å². The van der Waals surface area contributed by atoms with Gasteiger partial charge in [0, 0.05) is 0 Å². The Morgan fingerprint density at radius 3 is 2.46 bits per heavy atom. The van der Waals surface area contributed by atoms with E-state index in [2.05, 4.69) is 0 Å². The van der Waals surface area contributed by atoms with Gasteiger partial charge in [0.25, 0.3) is 0 Å². The van der Waals surface area contributed by atoms with Gasteiger partial charge >= 0.3 is 5.97 Å². The Kier molecular flexibility index (Phi) is 3.50. The Morgan fingerprint density at radius 1 is 1.38 bits per heavy atom. The van der Waals surface area contributed by atoms with Crippen molar-refractivity contribution in [3.8, 4) is 0 Å². The van der Waals surface area contributed by atoms with Crippen molar-refractivity contribution < 1.29 is 9.53 Å². The van der Waals surface area contributed by atoms with E-state index in [0.717, 1.165) is 5.56 Å². The van der Waals surface area contributed by atoms with Gasteiger partial charge in [0.1, 0.15) is 0 Å². The molecule has 1 rings (SSSR count). The highest BCUT2D eigenvalue weighted by Gasteiger charge is 2.04. The lowest BCUT2D eigenvalue weighted by Gasteiger charge is -2.01. The monoisotopic (exact) mass is 177 g/mol. The summed E-state index contributed by atoms with van der Waals surface area (Å²) in [5.41, 5.74) is 1.71. The van der Waals surface area contributed by atoms with Crippen molar-refractivity contribution in [1.82, 2.24) is 0 Å². The molecular weight excluding hydrogens is 164 g/mol. The van der Waals surface area contributed by atoms with E-state index in [1.54, 1.807) is 19.1 Å². The summed E-state index contributed by atoms with van der Waals surface area (Å²) in [4.78, 5) is 11.2. The zero-order valence-electron chi connectivity index (χ0n) is 7.91. The van der Waals surface area contributed by atoms with Gasteiger partial charge in [0.15, 0.2) is 0 Å². The van der Waals surface area contributed by atoms with E-state index in [4.69, 9.17) is 4.74 Å². The van der Waals surface area contributed by atoms with Crippen molar-refractivity contribution in [3.63, 3.8) is 0 Å². The van der Waals surface area contributed by atoms with Crippen LogP contribution in [0.15, 0.2) is 24.3 Å². The highest BCUT2D eigenvalue weighted by Crippen LogP contribution is 2.07. The maximum Gasteiger partial charge on any atom is 0.338 e. The van der Waals surface area contributed by atoms with Crippen LogP contribution in [0.1, 0.15) is 29.8 Å². The SMILES string of the molecule is C[CH]c1ccc(C(=O)OCC)cc1. The first-order valence-corrected chi connectivity index (χ1v) is 4.34. The Labute approximate surface area is 78.5 Å². The summed E-state index contributed by atoms with van der Waals surface area (Å²) in [5.74, 6) is -0.259. The highest BCUT2D eigenvalue weighted by atomic mass is 16.5. The second kappa shape index (κ2) is 4.65. The fourth-order valence-corrected chi connectivity index (χ4v) is 1.03. The molecule has 69 valence electrons. The second-order valence-corrected chi connectivity index (χ2v) is 2.63. The van der Waals surface area contributed by atoms with Crippen LogP contribution in [0.5, 0.6) is 0 Å². The summed E-state index contributed by atoms with van der Waals surface area (Å²) in [5, 5.41) is 0. The maximum absolute atomic E-state index is 11.2. The molecule has 1 radical (unpaired) electrons. The lowest BCUT2D eigenvalue weighted by Crippen LogP contribution is -2.04. The molecule has 0 aromatic heterocycles. The largest absolute Gasteiger partial charge is 0.462 e. The second-order valence-electron chi connectivity index (χ2n) is 2.63. The van der Waals surface area contributed by atoms with Crippen molar-refractivity contribution in [2.45, 2.75) is 13.8 Å². The van der Waals surface area contributed by atoms with Gasteiger partial charge in [-0.2, -0.15) is 0 Å². The van der Waals surface area contributed by atoms with Crippen LogP contribution < -0.4 is 0 Å². The van der Waals surface area contributed by atoms with E-state index >= 15 is 0 Å². The van der Waals surface area contributed by atoms with Gasteiger partial charge in [-0.25, -0.2) is 4.79 Å². The molecule has 2 nitrogen and oxygen atoms in total. The first-order valence-electron chi connectivity index (χ1n) is 4.34. The third kappa shape index (κ3) is 2.58. The number of rotatable bonds is 3. The molecule has 0 spiro atoms. The van der Waals surface area contributed by atoms with Gasteiger partial charge in [0.2, 0.25) is 0 Å². The van der Waals surface area contributed by atoms with Crippen molar-refractivity contribution >= 4 is 5.97 Å². The molecule has 0 aliphatic rings. The molecule has 0 aliphatic heterocycles. The van der Waals surface area contributed by atoms with Gasteiger partial charge in [0.05, 0.1) is 12.2 Å². The number of ether oxygens (including phenoxy) is 1. The molecule has 13 heavy (non-hydrogen) atoms. The fraction of sp³-hybridized carbons (Fsp3) is 0.273. The van der Waals surface area contributed by atoms with Crippen molar-refractivity contribution in [2.75, 3.05) is 6.61 Å². The van der Waals surface area contributed by atoms with Crippen LogP contribution in [0, 0.1) is 6.42 Å². The number of carbonyl (C=O) groups excluding carboxylic acids is 1. The molecule has 2 heteroatoms. The van der Waals surface area contributed by atoms with E-state index in [1.165, 1.54) is 0 Å². The first-order chi connectivity index (χ1) is 6.27. The van der Waals surface area contributed by atoms with Gasteiger partial charge in [-0.15, -0.1) is 0 Å². The first kappa shape index (κ1) is 9.78. The van der Waals surface area contributed by atoms with Crippen LogP contribution >= 0.6 is 0 Å². The quantitative estimate of drug-likeness (QED) is 0.663. The van der Waals surface area contributed by atoms with Crippen LogP contribution in [-0.4, -0.2) is 12.6 Å². The summed E-state index contributed by atoms with van der Waals surface area (Å²) in [6.07, 6.45) is 1.98. The predicted octanol–water partition coefficient (Wildman–Crippen LogP) is 2.44. The number of benzene rings is 1. The van der Waals surface area contributed by atoms with Gasteiger partial charge in [-0.3, -0.25) is 0 Å².